The van der Waals surface area contributed by atoms with E-state index in [1.54, 1.807) is 13.0 Å². The fourth-order valence-electron chi connectivity index (χ4n) is 1.88. The van der Waals surface area contributed by atoms with E-state index in [1.807, 2.05) is 0 Å². The molecule has 0 aromatic heterocycles. The van der Waals surface area contributed by atoms with Crippen molar-refractivity contribution in [1.29, 1.82) is 0 Å². The van der Waals surface area contributed by atoms with Gasteiger partial charge in [-0.25, -0.2) is 4.39 Å². The van der Waals surface area contributed by atoms with Crippen molar-refractivity contribution in [2.45, 2.75) is 20.0 Å². The number of rotatable bonds is 4. The summed E-state index contributed by atoms with van der Waals surface area (Å²) < 4.78 is 19.2. The predicted molar refractivity (Wildman–Crippen MR) is 74.9 cm³/mol. The first-order valence-corrected chi connectivity index (χ1v) is 6.29. The Bertz CT molecular complexity index is 685. The molecule has 0 amide bonds. The van der Waals surface area contributed by atoms with Crippen molar-refractivity contribution < 1.29 is 19.2 Å². The molecule has 1 N–H and O–H groups in total. The van der Waals surface area contributed by atoms with E-state index in [0.29, 0.717) is 16.9 Å². The Morgan fingerprint density at radius 1 is 1.29 bits per heavy atom. The summed E-state index contributed by atoms with van der Waals surface area (Å²) >= 11 is 0. The lowest BCUT2D eigenvalue weighted by Gasteiger charge is -2.10. The van der Waals surface area contributed by atoms with Crippen LogP contribution in [0.5, 0.6) is 11.5 Å². The van der Waals surface area contributed by atoms with Crippen LogP contribution in [-0.4, -0.2) is 10.0 Å². The highest BCUT2D eigenvalue weighted by atomic mass is 19.1. The summed E-state index contributed by atoms with van der Waals surface area (Å²) in [6, 6.07) is 8.35. The van der Waals surface area contributed by atoms with Crippen molar-refractivity contribution >= 4 is 5.69 Å². The molecule has 0 radical (unpaired) electrons. The van der Waals surface area contributed by atoms with Gasteiger partial charge in [0.25, 0.3) is 5.69 Å². The molecule has 0 heterocycles. The molecule has 1 atom stereocenters. The van der Waals surface area contributed by atoms with Crippen LogP contribution in [0.15, 0.2) is 36.4 Å². The Balaban J connectivity index is 2.26. The predicted octanol–water partition coefficient (Wildman–Crippen LogP) is 3.89. The van der Waals surface area contributed by atoms with Gasteiger partial charge < -0.3 is 9.84 Å². The van der Waals surface area contributed by atoms with E-state index in [1.165, 1.54) is 37.3 Å². The van der Waals surface area contributed by atoms with E-state index in [2.05, 4.69) is 0 Å². The van der Waals surface area contributed by atoms with Crippen LogP contribution in [0.3, 0.4) is 0 Å². The molecule has 2 rings (SSSR count). The lowest BCUT2D eigenvalue weighted by molar-refractivity contribution is -0.385. The van der Waals surface area contributed by atoms with Crippen LogP contribution in [0, 0.1) is 22.9 Å². The standard InChI is InChI=1S/C15H14FNO4/c1-9-7-12(4-5-14(9)17(19)20)21-15-6-3-11(10(2)18)8-13(15)16/h3-8,10,18H,1-2H3. The third-order valence-corrected chi connectivity index (χ3v) is 3.03. The first-order chi connectivity index (χ1) is 9.88. The largest absolute Gasteiger partial charge is 0.454 e. The van der Waals surface area contributed by atoms with Crippen LogP contribution in [-0.2, 0) is 0 Å². The number of hydrogen-bond donors (Lipinski definition) is 1. The summed E-state index contributed by atoms with van der Waals surface area (Å²) in [5, 5.41) is 20.1. The number of nitro groups is 1. The van der Waals surface area contributed by atoms with Crippen molar-refractivity contribution in [2.75, 3.05) is 0 Å². The first-order valence-electron chi connectivity index (χ1n) is 6.29. The van der Waals surface area contributed by atoms with Crippen LogP contribution in [0.25, 0.3) is 0 Å². The summed E-state index contributed by atoms with van der Waals surface area (Å²) in [7, 11) is 0. The summed E-state index contributed by atoms with van der Waals surface area (Å²) in [5.41, 5.74) is 0.852. The topological polar surface area (TPSA) is 72.6 Å². The second kappa shape index (κ2) is 5.88. The third kappa shape index (κ3) is 3.35. The minimum absolute atomic E-state index is 0.00680. The van der Waals surface area contributed by atoms with Gasteiger partial charge in [-0.05, 0) is 43.7 Å². The minimum Gasteiger partial charge on any atom is -0.454 e. The van der Waals surface area contributed by atoms with E-state index in [4.69, 9.17) is 4.74 Å². The number of ether oxygens (including phenoxy) is 1. The summed E-state index contributed by atoms with van der Waals surface area (Å²) in [6.45, 7) is 3.12. The number of halogens is 1. The SMILES string of the molecule is Cc1cc(Oc2ccc(C(C)O)cc2F)ccc1[N+](=O)[O-]. The van der Waals surface area contributed by atoms with Crippen LogP contribution in [0.1, 0.15) is 24.2 Å². The van der Waals surface area contributed by atoms with Gasteiger partial charge in [0.2, 0.25) is 0 Å². The fourth-order valence-corrected chi connectivity index (χ4v) is 1.88. The molecule has 6 heteroatoms. The van der Waals surface area contributed by atoms with Crippen molar-refractivity contribution in [3.63, 3.8) is 0 Å². The molecular weight excluding hydrogens is 277 g/mol. The Labute approximate surface area is 120 Å². The highest BCUT2D eigenvalue weighted by Gasteiger charge is 2.13. The summed E-state index contributed by atoms with van der Waals surface area (Å²) in [5.74, 6) is -0.307. The summed E-state index contributed by atoms with van der Waals surface area (Å²) in [4.78, 5) is 10.2. The van der Waals surface area contributed by atoms with E-state index in [9.17, 15) is 19.6 Å². The Hall–Kier alpha value is -2.47. The monoisotopic (exact) mass is 291 g/mol. The molecule has 0 aliphatic heterocycles. The lowest BCUT2D eigenvalue weighted by Crippen LogP contribution is -1.96. The zero-order valence-electron chi connectivity index (χ0n) is 11.5. The molecule has 0 saturated carbocycles. The number of aryl methyl sites for hydroxylation is 1. The summed E-state index contributed by atoms with van der Waals surface area (Å²) in [6.07, 6.45) is -0.768. The van der Waals surface area contributed by atoms with Gasteiger partial charge >= 0.3 is 0 Å². The minimum atomic E-state index is -0.768. The van der Waals surface area contributed by atoms with Crippen LogP contribution in [0.4, 0.5) is 10.1 Å². The maximum atomic E-state index is 13.9. The molecule has 0 aliphatic carbocycles. The quantitative estimate of drug-likeness (QED) is 0.685. The molecular formula is C15H14FNO4. The molecule has 2 aromatic rings. The molecule has 2 aromatic carbocycles. The molecule has 0 spiro atoms. The van der Waals surface area contributed by atoms with E-state index >= 15 is 0 Å². The van der Waals surface area contributed by atoms with Gasteiger partial charge in [-0.2, -0.15) is 0 Å². The highest BCUT2D eigenvalue weighted by molar-refractivity contribution is 5.45. The van der Waals surface area contributed by atoms with E-state index < -0.39 is 16.8 Å². The zero-order chi connectivity index (χ0) is 15.6. The molecule has 110 valence electrons. The van der Waals surface area contributed by atoms with Crippen LogP contribution < -0.4 is 4.74 Å². The van der Waals surface area contributed by atoms with Crippen molar-refractivity contribution in [2.24, 2.45) is 0 Å². The zero-order valence-corrected chi connectivity index (χ0v) is 11.5. The highest BCUT2D eigenvalue weighted by Crippen LogP contribution is 2.29. The number of aliphatic hydroxyl groups is 1. The van der Waals surface area contributed by atoms with Gasteiger partial charge in [0.05, 0.1) is 11.0 Å². The van der Waals surface area contributed by atoms with Gasteiger partial charge in [0, 0.05) is 11.6 Å². The normalized spacial score (nSPS) is 12.0. The van der Waals surface area contributed by atoms with Crippen molar-refractivity contribution in [1.82, 2.24) is 0 Å². The molecule has 0 bridgehead atoms. The average Bonchev–Trinajstić information content (AvgIpc) is 2.40. The van der Waals surface area contributed by atoms with Crippen LogP contribution in [0.2, 0.25) is 0 Å². The first kappa shape index (κ1) is 14.9. The Morgan fingerprint density at radius 3 is 2.52 bits per heavy atom. The molecule has 0 saturated heterocycles. The molecule has 21 heavy (non-hydrogen) atoms. The second-order valence-corrected chi connectivity index (χ2v) is 4.67. The van der Waals surface area contributed by atoms with Crippen LogP contribution >= 0.6 is 0 Å². The third-order valence-electron chi connectivity index (χ3n) is 3.03. The van der Waals surface area contributed by atoms with Gasteiger partial charge in [-0.15, -0.1) is 0 Å². The number of benzene rings is 2. The second-order valence-electron chi connectivity index (χ2n) is 4.67. The molecule has 0 fully saturated rings. The number of nitro benzene ring substituents is 1. The van der Waals surface area contributed by atoms with Gasteiger partial charge in [0.15, 0.2) is 11.6 Å². The Kier molecular flexibility index (Phi) is 4.18. The maximum absolute atomic E-state index is 13.9. The van der Waals surface area contributed by atoms with Gasteiger partial charge in [0.1, 0.15) is 5.75 Å². The number of nitrogens with zero attached hydrogens (tertiary/aromatic N) is 1. The average molecular weight is 291 g/mol. The van der Waals surface area contributed by atoms with E-state index in [-0.39, 0.29) is 11.4 Å². The maximum Gasteiger partial charge on any atom is 0.272 e. The van der Waals surface area contributed by atoms with Gasteiger partial charge in [-0.3, -0.25) is 10.1 Å². The molecule has 1 unspecified atom stereocenters. The van der Waals surface area contributed by atoms with E-state index in [0.717, 1.165) is 0 Å². The van der Waals surface area contributed by atoms with Gasteiger partial charge in [-0.1, -0.05) is 6.07 Å². The number of aliphatic hydroxyl groups excluding tert-OH is 1. The lowest BCUT2D eigenvalue weighted by atomic mass is 10.1. The van der Waals surface area contributed by atoms with Crippen molar-refractivity contribution in [3.8, 4) is 11.5 Å². The fraction of sp³-hybridized carbons (Fsp3) is 0.200. The molecule has 0 aliphatic rings. The smallest absolute Gasteiger partial charge is 0.272 e. The number of hydrogen-bond acceptors (Lipinski definition) is 4. The molecule has 5 nitrogen and oxygen atoms in total. The Morgan fingerprint density at radius 2 is 2.00 bits per heavy atom. The van der Waals surface area contributed by atoms with Crippen molar-refractivity contribution in [3.05, 3.63) is 63.5 Å².